The average Bonchev–Trinajstić information content (AvgIpc) is 3.39. The lowest BCUT2D eigenvalue weighted by atomic mass is 10.1. The zero-order chi connectivity index (χ0) is 27.5. The van der Waals surface area contributed by atoms with Crippen LogP contribution in [0.1, 0.15) is 54.1 Å². The number of aryl methyl sites for hydroxylation is 2. The molecule has 11 heteroatoms. The molecule has 0 aliphatic carbocycles. The van der Waals surface area contributed by atoms with Crippen molar-refractivity contribution in [3.05, 3.63) is 46.1 Å². The molecule has 0 aliphatic rings. The Hall–Kier alpha value is -3.18. The number of hydrogen-bond donors (Lipinski definition) is 2. The van der Waals surface area contributed by atoms with Crippen LogP contribution in [0.5, 0.6) is 5.75 Å². The molecule has 0 aliphatic heterocycles. The van der Waals surface area contributed by atoms with Gasteiger partial charge in [-0.05, 0) is 57.5 Å². The third-order valence-corrected chi connectivity index (χ3v) is 11.8. The van der Waals surface area contributed by atoms with Crippen LogP contribution in [0.25, 0.3) is 0 Å². The summed E-state index contributed by atoms with van der Waals surface area (Å²) in [5.41, 5.74) is 3.45. The number of nitrogens with one attached hydrogen (secondary N) is 2. The van der Waals surface area contributed by atoms with Gasteiger partial charge in [0, 0.05) is 17.3 Å². The Bertz CT molecular complexity index is 1290. The van der Waals surface area contributed by atoms with Crippen LogP contribution in [-0.4, -0.2) is 41.6 Å². The van der Waals surface area contributed by atoms with Crippen LogP contribution in [0.15, 0.2) is 24.5 Å². The third kappa shape index (κ3) is 6.78. The maximum absolute atomic E-state index is 13.1. The number of benzene rings is 1. The minimum Gasteiger partial charge on any atom is -0.543 e. The monoisotopic (exact) mass is 543 g/mol. The maximum atomic E-state index is 13.1. The molecule has 9 nitrogen and oxygen atoms in total. The van der Waals surface area contributed by atoms with Crippen molar-refractivity contribution >= 4 is 48.2 Å². The van der Waals surface area contributed by atoms with Crippen molar-refractivity contribution in [2.24, 2.45) is 0 Å². The minimum absolute atomic E-state index is 0.0266. The summed E-state index contributed by atoms with van der Waals surface area (Å²) in [6.45, 7) is 18.9. The van der Waals surface area contributed by atoms with Gasteiger partial charge in [-0.15, -0.1) is 0 Å². The number of nitrogens with zero attached hydrogens (tertiary/aromatic N) is 3. The van der Waals surface area contributed by atoms with Crippen LogP contribution in [0, 0.1) is 20.8 Å². The number of anilines is 3. The number of hydrogen-bond acceptors (Lipinski definition) is 8. The zero-order valence-corrected chi connectivity index (χ0v) is 24.9. The van der Waals surface area contributed by atoms with E-state index in [1.165, 1.54) is 22.2 Å². The number of aromatic nitrogens is 3. The van der Waals surface area contributed by atoms with Crippen molar-refractivity contribution in [2.45, 2.75) is 73.1 Å². The first-order valence-electron chi connectivity index (χ1n) is 12.2. The number of carbonyl (C=O) groups is 2. The van der Waals surface area contributed by atoms with Crippen LogP contribution in [0.4, 0.5) is 16.6 Å². The zero-order valence-electron chi connectivity index (χ0n) is 23.1. The molecule has 2 aromatic heterocycles. The lowest BCUT2D eigenvalue weighted by Crippen LogP contribution is -2.44. The molecule has 1 aromatic carbocycles. The number of amides is 1. The predicted octanol–water partition coefficient (Wildman–Crippen LogP) is 6.21. The standard InChI is InChI=1S/C26H37N5O4SSi/c1-10-34-21(32)15-31-14-17(3)23(30-31)29-25-27-13-20(36-25)24(33)28-22-16(2)11-12-19(18(22)4)35-37(8,9)26(5,6)7/h11-14H,10,15H2,1-9H3,(H,28,33)(H,27,29,30). The second kappa shape index (κ2) is 11.1. The van der Waals surface area contributed by atoms with E-state index in [4.69, 9.17) is 9.16 Å². The van der Waals surface area contributed by atoms with E-state index in [0.29, 0.717) is 22.4 Å². The molecule has 200 valence electrons. The number of rotatable bonds is 9. The largest absolute Gasteiger partial charge is 0.543 e. The van der Waals surface area contributed by atoms with E-state index in [9.17, 15) is 9.59 Å². The highest BCUT2D eigenvalue weighted by Gasteiger charge is 2.39. The third-order valence-electron chi connectivity index (χ3n) is 6.53. The Morgan fingerprint density at radius 2 is 1.84 bits per heavy atom. The smallest absolute Gasteiger partial charge is 0.327 e. The molecule has 0 saturated carbocycles. The second-order valence-corrected chi connectivity index (χ2v) is 16.3. The van der Waals surface area contributed by atoms with Gasteiger partial charge < -0.3 is 19.8 Å². The van der Waals surface area contributed by atoms with Gasteiger partial charge in [0.2, 0.25) is 8.32 Å². The molecule has 0 unspecified atom stereocenters. The fourth-order valence-electron chi connectivity index (χ4n) is 3.34. The summed E-state index contributed by atoms with van der Waals surface area (Å²) < 4.78 is 13.0. The van der Waals surface area contributed by atoms with E-state index in [1.807, 2.05) is 32.9 Å². The van der Waals surface area contributed by atoms with Gasteiger partial charge in [0.1, 0.15) is 17.2 Å². The summed E-state index contributed by atoms with van der Waals surface area (Å²) >= 11 is 1.22. The van der Waals surface area contributed by atoms with Gasteiger partial charge in [0.25, 0.3) is 5.91 Å². The number of esters is 1. The molecule has 0 radical (unpaired) electrons. The summed E-state index contributed by atoms with van der Waals surface area (Å²) in [4.78, 5) is 29.7. The van der Waals surface area contributed by atoms with Gasteiger partial charge in [-0.3, -0.25) is 14.3 Å². The number of thiazole rings is 1. The highest BCUT2D eigenvalue weighted by molar-refractivity contribution is 7.17. The summed E-state index contributed by atoms with van der Waals surface area (Å²) in [5.74, 6) is 0.765. The molecule has 37 heavy (non-hydrogen) atoms. The fourth-order valence-corrected chi connectivity index (χ4v) is 5.12. The SMILES string of the molecule is CCOC(=O)Cn1cc(C)c(Nc2ncc(C(=O)Nc3c(C)ccc(O[Si](C)(C)C(C)(C)C)c3C)s2)n1. The summed E-state index contributed by atoms with van der Waals surface area (Å²) in [5, 5.41) is 11.2. The Balaban J connectivity index is 1.73. The molecule has 2 heterocycles. The van der Waals surface area contributed by atoms with Crippen molar-refractivity contribution in [3.63, 3.8) is 0 Å². The van der Waals surface area contributed by atoms with Gasteiger partial charge >= 0.3 is 5.97 Å². The Labute approximate surface area is 223 Å². The van der Waals surface area contributed by atoms with Gasteiger partial charge in [-0.2, -0.15) is 5.10 Å². The van der Waals surface area contributed by atoms with E-state index in [1.54, 1.807) is 13.1 Å². The summed E-state index contributed by atoms with van der Waals surface area (Å²) in [6, 6.07) is 3.96. The van der Waals surface area contributed by atoms with Crippen LogP contribution >= 0.6 is 11.3 Å². The van der Waals surface area contributed by atoms with E-state index >= 15 is 0 Å². The van der Waals surface area contributed by atoms with Crippen molar-refractivity contribution in [2.75, 3.05) is 17.2 Å². The molecule has 3 aromatic rings. The highest BCUT2D eigenvalue weighted by atomic mass is 32.1. The van der Waals surface area contributed by atoms with E-state index in [-0.39, 0.29) is 23.5 Å². The molecule has 0 spiro atoms. The van der Waals surface area contributed by atoms with Gasteiger partial charge in [-0.25, -0.2) is 4.98 Å². The molecule has 3 rings (SSSR count). The topological polar surface area (TPSA) is 107 Å². The van der Waals surface area contributed by atoms with E-state index in [0.717, 1.165) is 28.1 Å². The minimum atomic E-state index is -2.03. The second-order valence-electron chi connectivity index (χ2n) is 10.5. The van der Waals surface area contributed by atoms with Gasteiger partial charge in [0.15, 0.2) is 10.9 Å². The van der Waals surface area contributed by atoms with Crippen molar-refractivity contribution in [1.29, 1.82) is 0 Å². The molecule has 1 amide bonds. The van der Waals surface area contributed by atoms with Crippen LogP contribution in [0.2, 0.25) is 18.1 Å². The van der Waals surface area contributed by atoms with Crippen LogP contribution in [-0.2, 0) is 16.1 Å². The van der Waals surface area contributed by atoms with Crippen molar-refractivity contribution in [3.8, 4) is 5.75 Å². The van der Waals surface area contributed by atoms with Gasteiger partial charge in [0.05, 0.1) is 18.5 Å². The quantitative estimate of drug-likeness (QED) is 0.244. The van der Waals surface area contributed by atoms with Crippen molar-refractivity contribution in [1.82, 2.24) is 14.8 Å². The molecule has 0 saturated heterocycles. The molecule has 0 atom stereocenters. The van der Waals surface area contributed by atoms with Gasteiger partial charge in [-0.1, -0.05) is 38.2 Å². The highest BCUT2D eigenvalue weighted by Crippen LogP contribution is 2.40. The maximum Gasteiger partial charge on any atom is 0.327 e. The summed E-state index contributed by atoms with van der Waals surface area (Å²) in [6.07, 6.45) is 3.29. The first kappa shape index (κ1) is 28.4. The number of ether oxygens (including phenoxy) is 1. The average molecular weight is 544 g/mol. The van der Waals surface area contributed by atoms with Crippen LogP contribution in [0.3, 0.4) is 0 Å². The molecular formula is C26H37N5O4SSi. The van der Waals surface area contributed by atoms with E-state index in [2.05, 4.69) is 54.6 Å². The Morgan fingerprint density at radius 1 is 1.14 bits per heavy atom. The lowest BCUT2D eigenvalue weighted by molar-refractivity contribution is -0.144. The number of carbonyl (C=O) groups excluding carboxylic acids is 2. The Morgan fingerprint density at radius 3 is 2.49 bits per heavy atom. The normalized spacial score (nSPS) is 11.8. The summed E-state index contributed by atoms with van der Waals surface area (Å²) in [7, 11) is -2.03. The first-order chi connectivity index (χ1) is 17.2. The predicted molar refractivity (Wildman–Crippen MR) is 151 cm³/mol. The first-order valence-corrected chi connectivity index (χ1v) is 16.0. The lowest BCUT2D eigenvalue weighted by Gasteiger charge is -2.37. The van der Waals surface area contributed by atoms with Crippen LogP contribution < -0.4 is 15.1 Å². The molecular weight excluding hydrogens is 506 g/mol. The fraction of sp³-hybridized carbons (Fsp3) is 0.462. The van der Waals surface area contributed by atoms with Crippen molar-refractivity contribution < 1.29 is 18.8 Å². The van der Waals surface area contributed by atoms with E-state index < -0.39 is 8.32 Å². The molecule has 2 N–H and O–H groups in total. The Kier molecular flexibility index (Phi) is 8.48. The molecule has 0 fully saturated rings. The molecule has 0 bridgehead atoms.